The Morgan fingerprint density at radius 2 is 2.25 bits per heavy atom. The van der Waals surface area contributed by atoms with Gasteiger partial charge < -0.3 is 10.1 Å². The van der Waals surface area contributed by atoms with Gasteiger partial charge in [-0.1, -0.05) is 24.8 Å². The van der Waals surface area contributed by atoms with Crippen LogP contribution in [0.1, 0.15) is 25.8 Å². The van der Waals surface area contributed by atoms with Gasteiger partial charge in [0.05, 0.1) is 18.0 Å². The molecule has 0 radical (unpaired) electrons. The lowest BCUT2D eigenvalue weighted by Crippen LogP contribution is -2.24. The van der Waals surface area contributed by atoms with Crippen LogP contribution in [0.3, 0.4) is 0 Å². The van der Waals surface area contributed by atoms with Crippen molar-refractivity contribution in [3.63, 3.8) is 0 Å². The number of H-pyrrole nitrogens is 1. The number of carbonyl (C=O) groups is 1. The topological polar surface area (TPSA) is 89.0 Å². The third-order valence-corrected chi connectivity index (χ3v) is 4.52. The van der Waals surface area contributed by atoms with Gasteiger partial charge in [-0.25, -0.2) is 9.89 Å². The molecular formula is C16H22N4O3S. The number of amides is 1. The van der Waals surface area contributed by atoms with E-state index in [9.17, 15) is 9.59 Å². The Hall–Kier alpha value is -2.22. The molecular weight excluding hydrogens is 328 g/mol. The summed E-state index contributed by atoms with van der Waals surface area (Å²) in [5.41, 5.74) is 1.39. The van der Waals surface area contributed by atoms with E-state index in [4.69, 9.17) is 4.74 Å². The summed E-state index contributed by atoms with van der Waals surface area (Å²) in [5, 5.41) is 9.39. The molecule has 2 aromatic rings. The number of anilines is 1. The van der Waals surface area contributed by atoms with Crippen molar-refractivity contribution in [3.05, 3.63) is 34.2 Å². The Labute approximate surface area is 144 Å². The third kappa shape index (κ3) is 4.19. The molecule has 0 aliphatic carbocycles. The van der Waals surface area contributed by atoms with Gasteiger partial charge in [-0.15, -0.1) is 5.10 Å². The van der Waals surface area contributed by atoms with Gasteiger partial charge in [-0.2, -0.15) is 0 Å². The monoisotopic (exact) mass is 350 g/mol. The number of nitrogens with one attached hydrogen (secondary N) is 2. The van der Waals surface area contributed by atoms with E-state index in [2.05, 4.69) is 15.5 Å². The number of aromatic amines is 1. The standard InChI is InChI=1S/C16H22N4O3S/c1-5-8-20-15(22)18-19-16(20)24-11(3)14(21)17-12-9-10(2)6-7-13(12)23-4/h6-7,9,11H,5,8H2,1-4H3,(H,17,21)(H,18,22)/t11-/m1/s1. The molecule has 0 unspecified atom stereocenters. The molecule has 0 aliphatic heterocycles. The largest absolute Gasteiger partial charge is 0.495 e. The van der Waals surface area contributed by atoms with Crippen LogP contribution in [0.2, 0.25) is 0 Å². The summed E-state index contributed by atoms with van der Waals surface area (Å²) in [5.74, 6) is 0.427. The average Bonchev–Trinajstić information content (AvgIpc) is 2.88. The molecule has 2 N–H and O–H groups in total. The Morgan fingerprint density at radius 3 is 2.92 bits per heavy atom. The van der Waals surface area contributed by atoms with Gasteiger partial charge in [0.1, 0.15) is 5.75 Å². The minimum Gasteiger partial charge on any atom is -0.495 e. The first-order chi connectivity index (χ1) is 11.5. The number of ether oxygens (including phenoxy) is 1. The maximum atomic E-state index is 12.5. The molecule has 2 rings (SSSR count). The van der Waals surface area contributed by atoms with Gasteiger partial charge in [-0.3, -0.25) is 9.36 Å². The number of aryl methyl sites for hydroxylation is 1. The van der Waals surface area contributed by atoms with Crippen LogP contribution in [0.5, 0.6) is 5.75 Å². The van der Waals surface area contributed by atoms with E-state index in [0.717, 1.165) is 12.0 Å². The fourth-order valence-corrected chi connectivity index (χ4v) is 3.06. The Morgan fingerprint density at radius 1 is 1.50 bits per heavy atom. The van der Waals surface area contributed by atoms with Crippen LogP contribution in [-0.2, 0) is 11.3 Å². The van der Waals surface area contributed by atoms with Crippen LogP contribution >= 0.6 is 11.8 Å². The number of aromatic nitrogens is 3. The predicted octanol–water partition coefficient (Wildman–Crippen LogP) is 2.42. The number of thioether (sulfide) groups is 1. The van der Waals surface area contributed by atoms with Crippen molar-refractivity contribution >= 4 is 23.4 Å². The van der Waals surface area contributed by atoms with Crippen LogP contribution in [0.25, 0.3) is 0 Å². The SMILES string of the molecule is CCCn1c(S[C@H](C)C(=O)Nc2cc(C)ccc2OC)n[nH]c1=O. The highest BCUT2D eigenvalue weighted by Crippen LogP contribution is 2.27. The van der Waals surface area contributed by atoms with E-state index in [1.54, 1.807) is 18.6 Å². The zero-order valence-corrected chi connectivity index (χ0v) is 15.1. The summed E-state index contributed by atoms with van der Waals surface area (Å²) in [6.45, 7) is 6.27. The first-order valence-corrected chi connectivity index (χ1v) is 8.61. The first kappa shape index (κ1) is 18.1. The molecule has 0 saturated heterocycles. The highest BCUT2D eigenvalue weighted by molar-refractivity contribution is 8.00. The summed E-state index contributed by atoms with van der Waals surface area (Å²) in [6.07, 6.45) is 0.814. The van der Waals surface area contributed by atoms with Crippen molar-refractivity contribution in [2.24, 2.45) is 0 Å². The molecule has 1 heterocycles. The number of nitrogens with zero attached hydrogens (tertiary/aromatic N) is 2. The molecule has 1 amide bonds. The van der Waals surface area contributed by atoms with Gasteiger partial charge in [-0.05, 0) is 38.0 Å². The number of rotatable bonds is 7. The average molecular weight is 350 g/mol. The Balaban J connectivity index is 2.11. The summed E-state index contributed by atoms with van der Waals surface area (Å²) in [7, 11) is 1.56. The summed E-state index contributed by atoms with van der Waals surface area (Å²) in [6, 6.07) is 5.59. The number of carbonyl (C=O) groups excluding carboxylic acids is 1. The van der Waals surface area contributed by atoms with Crippen molar-refractivity contribution in [2.45, 2.75) is 44.1 Å². The molecule has 0 spiro atoms. The number of hydrogen-bond donors (Lipinski definition) is 2. The molecule has 7 nitrogen and oxygen atoms in total. The quantitative estimate of drug-likeness (QED) is 0.749. The zero-order valence-electron chi connectivity index (χ0n) is 14.3. The molecule has 1 atom stereocenters. The summed E-state index contributed by atoms with van der Waals surface area (Å²) >= 11 is 1.24. The fourth-order valence-electron chi connectivity index (χ4n) is 2.18. The minimum absolute atomic E-state index is 0.178. The summed E-state index contributed by atoms with van der Waals surface area (Å²) < 4.78 is 6.81. The third-order valence-electron chi connectivity index (χ3n) is 3.43. The Kier molecular flexibility index (Phi) is 6.08. The van der Waals surface area contributed by atoms with Crippen LogP contribution in [-0.4, -0.2) is 33.0 Å². The van der Waals surface area contributed by atoms with E-state index < -0.39 is 5.25 Å². The molecule has 8 heteroatoms. The maximum absolute atomic E-state index is 12.5. The number of benzene rings is 1. The second-order valence-corrected chi connectivity index (χ2v) is 6.72. The second-order valence-electron chi connectivity index (χ2n) is 5.42. The maximum Gasteiger partial charge on any atom is 0.343 e. The molecule has 1 aromatic carbocycles. The van der Waals surface area contributed by atoms with Crippen molar-refractivity contribution in [2.75, 3.05) is 12.4 Å². The molecule has 24 heavy (non-hydrogen) atoms. The summed E-state index contributed by atoms with van der Waals surface area (Å²) in [4.78, 5) is 24.2. The van der Waals surface area contributed by atoms with Crippen LogP contribution in [0, 0.1) is 6.92 Å². The number of methoxy groups -OCH3 is 1. The van der Waals surface area contributed by atoms with Gasteiger partial charge in [0.25, 0.3) is 0 Å². The van der Waals surface area contributed by atoms with Gasteiger partial charge >= 0.3 is 5.69 Å². The van der Waals surface area contributed by atoms with Crippen molar-refractivity contribution in [1.82, 2.24) is 14.8 Å². The van der Waals surface area contributed by atoms with E-state index in [0.29, 0.717) is 23.1 Å². The molecule has 0 aliphatic rings. The smallest absolute Gasteiger partial charge is 0.343 e. The van der Waals surface area contributed by atoms with E-state index in [1.807, 2.05) is 32.0 Å². The first-order valence-electron chi connectivity index (χ1n) is 7.73. The van der Waals surface area contributed by atoms with Gasteiger partial charge in [0.15, 0.2) is 5.16 Å². The van der Waals surface area contributed by atoms with E-state index >= 15 is 0 Å². The highest BCUT2D eigenvalue weighted by Gasteiger charge is 2.20. The Bertz CT molecular complexity index is 769. The van der Waals surface area contributed by atoms with Crippen LogP contribution in [0.4, 0.5) is 5.69 Å². The lowest BCUT2D eigenvalue weighted by Gasteiger charge is -2.14. The molecule has 0 bridgehead atoms. The molecule has 130 valence electrons. The van der Waals surface area contributed by atoms with Crippen LogP contribution < -0.4 is 15.7 Å². The van der Waals surface area contributed by atoms with Crippen LogP contribution in [0.15, 0.2) is 28.2 Å². The number of hydrogen-bond acceptors (Lipinski definition) is 5. The lowest BCUT2D eigenvalue weighted by molar-refractivity contribution is -0.115. The van der Waals surface area contributed by atoms with E-state index in [-0.39, 0.29) is 11.6 Å². The van der Waals surface area contributed by atoms with Gasteiger partial charge in [0, 0.05) is 6.54 Å². The molecule has 0 fully saturated rings. The highest BCUT2D eigenvalue weighted by atomic mass is 32.2. The predicted molar refractivity (Wildman–Crippen MR) is 94.8 cm³/mol. The van der Waals surface area contributed by atoms with Crippen molar-refractivity contribution < 1.29 is 9.53 Å². The normalized spacial score (nSPS) is 12.0. The van der Waals surface area contributed by atoms with E-state index in [1.165, 1.54) is 11.8 Å². The fraction of sp³-hybridized carbons (Fsp3) is 0.438. The molecule has 0 saturated carbocycles. The van der Waals surface area contributed by atoms with Gasteiger partial charge in [0.2, 0.25) is 5.91 Å². The second kappa shape index (κ2) is 8.05. The van der Waals surface area contributed by atoms with Crippen molar-refractivity contribution in [3.8, 4) is 5.75 Å². The minimum atomic E-state index is -0.416. The molecule has 1 aromatic heterocycles. The zero-order chi connectivity index (χ0) is 17.7. The lowest BCUT2D eigenvalue weighted by atomic mass is 10.2. The van der Waals surface area contributed by atoms with Crippen molar-refractivity contribution in [1.29, 1.82) is 0 Å².